The minimum absolute atomic E-state index is 0.414. The third kappa shape index (κ3) is 1.83. The van der Waals surface area contributed by atoms with Gasteiger partial charge in [-0.3, -0.25) is 0 Å². The van der Waals surface area contributed by atoms with Crippen LogP contribution >= 0.6 is 27.5 Å². The molecule has 0 bridgehead atoms. The molecule has 3 nitrogen and oxygen atoms in total. The molecule has 3 rings (SSSR count). The number of aromatic amines is 1. The zero-order valence-electron chi connectivity index (χ0n) is 8.61. The zero-order chi connectivity index (χ0) is 11.8. The molecule has 0 atom stereocenters. The summed E-state index contributed by atoms with van der Waals surface area (Å²) < 4.78 is 0.989. The molecule has 1 N–H and O–H groups in total. The number of fused-ring (bicyclic) bond motifs is 1. The summed E-state index contributed by atoms with van der Waals surface area (Å²) in [6.07, 6.45) is 1.66. The molecule has 0 unspecified atom stereocenters. The SMILES string of the molecule is Clc1nccc2[nH]c(-c3ccccc3Br)nc12. The molecule has 0 fully saturated rings. The van der Waals surface area contributed by atoms with Crippen LogP contribution in [0.15, 0.2) is 41.0 Å². The van der Waals surface area contributed by atoms with Crippen molar-refractivity contribution in [2.24, 2.45) is 0 Å². The molecule has 0 amide bonds. The number of hydrogen-bond acceptors (Lipinski definition) is 2. The van der Waals surface area contributed by atoms with Gasteiger partial charge in [-0.2, -0.15) is 0 Å². The van der Waals surface area contributed by atoms with Gasteiger partial charge in [0, 0.05) is 16.2 Å². The van der Waals surface area contributed by atoms with E-state index in [-0.39, 0.29) is 0 Å². The summed E-state index contributed by atoms with van der Waals surface area (Å²) in [5.74, 6) is 0.780. The molecule has 5 heteroatoms. The minimum atomic E-state index is 0.414. The van der Waals surface area contributed by atoms with Gasteiger partial charge in [0.25, 0.3) is 0 Å². The van der Waals surface area contributed by atoms with Crippen LogP contribution in [0.5, 0.6) is 0 Å². The summed E-state index contributed by atoms with van der Waals surface area (Å²) in [7, 11) is 0. The zero-order valence-corrected chi connectivity index (χ0v) is 11.0. The van der Waals surface area contributed by atoms with E-state index in [0.29, 0.717) is 10.7 Å². The van der Waals surface area contributed by atoms with Crippen molar-refractivity contribution in [3.05, 3.63) is 46.2 Å². The number of benzene rings is 1. The maximum absolute atomic E-state index is 5.99. The van der Waals surface area contributed by atoms with Crippen molar-refractivity contribution in [3.8, 4) is 11.4 Å². The Morgan fingerprint density at radius 2 is 2.00 bits per heavy atom. The molecule has 0 aliphatic heterocycles. The van der Waals surface area contributed by atoms with E-state index in [2.05, 4.69) is 30.9 Å². The van der Waals surface area contributed by atoms with E-state index < -0.39 is 0 Å². The summed E-state index contributed by atoms with van der Waals surface area (Å²) in [5, 5.41) is 0.414. The van der Waals surface area contributed by atoms with Gasteiger partial charge in [-0.05, 0) is 12.1 Å². The number of nitrogens with zero attached hydrogens (tertiary/aromatic N) is 2. The van der Waals surface area contributed by atoms with Crippen molar-refractivity contribution >= 4 is 38.6 Å². The Hall–Kier alpha value is -1.39. The monoisotopic (exact) mass is 307 g/mol. The van der Waals surface area contributed by atoms with Gasteiger partial charge in [-0.25, -0.2) is 9.97 Å². The van der Waals surface area contributed by atoms with E-state index in [4.69, 9.17) is 11.6 Å². The third-order valence-electron chi connectivity index (χ3n) is 2.49. The molecule has 1 aromatic carbocycles. The standard InChI is InChI=1S/C12H7BrClN3/c13-8-4-2-1-3-7(8)12-16-9-5-6-15-11(14)10(9)17-12/h1-6H,(H,16,17). The van der Waals surface area contributed by atoms with Gasteiger partial charge in [0.05, 0.1) is 5.52 Å². The maximum Gasteiger partial charge on any atom is 0.156 e. The highest BCUT2D eigenvalue weighted by Gasteiger charge is 2.10. The van der Waals surface area contributed by atoms with Gasteiger partial charge in [-0.1, -0.05) is 45.7 Å². The molecule has 0 spiro atoms. The molecular formula is C12H7BrClN3. The fraction of sp³-hybridized carbons (Fsp3) is 0. The Bertz CT molecular complexity index is 693. The Morgan fingerprint density at radius 1 is 1.18 bits per heavy atom. The molecule has 17 heavy (non-hydrogen) atoms. The lowest BCUT2D eigenvalue weighted by atomic mass is 10.2. The highest BCUT2D eigenvalue weighted by molar-refractivity contribution is 9.10. The first-order chi connectivity index (χ1) is 8.25. The van der Waals surface area contributed by atoms with Crippen LogP contribution in [0.1, 0.15) is 0 Å². The third-order valence-corrected chi connectivity index (χ3v) is 3.45. The van der Waals surface area contributed by atoms with Gasteiger partial charge in [-0.15, -0.1) is 0 Å². The van der Waals surface area contributed by atoms with E-state index in [0.717, 1.165) is 21.4 Å². The predicted octanol–water partition coefficient (Wildman–Crippen LogP) is 4.04. The molecule has 2 heterocycles. The molecule has 84 valence electrons. The number of rotatable bonds is 1. The summed E-state index contributed by atoms with van der Waals surface area (Å²) in [5.41, 5.74) is 2.58. The first-order valence-electron chi connectivity index (χ1n) is 5.01. The van der Waals surface area contributed by atoms with Crippen molar-refractivity contribution in [1.82, 2.24) is 15.0 Å². The number of hydrogen-bond donors (Lipinski definition) is 1. The second-order valence-corrected chi connectivity index (χ2v) is 4.78. The fourth-order valence-corrected chi connectivity index (χ4v) is 2.36. The Morgan fingerprint density at radius 3 is 2.76 bits per heavy atom. The molecule has 2 aromatic heterocycles. The largest absolute Gasteiger partial charge is 0.338 e. The van der Waals surface area contributed by atoms with Crippen molar-refractivity contribution in [2.45, 2.75) is 0 Å². The van der Waals surface area contributed by atoms with E-state index in [1.54, 1.807) is 6.20 Å². The second-order valence-electron chi connectivity index (χ2n) is 3.56. The quantitative estimate of drug-likeness (QED) is 0.689. The molecule has 0 aliphatic carbocycles. The van der Waals surface area contributed by atoms with Crippen molar-refractivity contribution < 1.29 is 0 Å². The number of halogens is 2. The minimum Gasteiger partial charge on any atom is -0.338 e. The molecular weight excluding hydrogens is 302 g/mol. The Kier molecular flexibility index (Phi) is 2.61. The Balaban J connectivity index is 2.26. The topological polar surface area (TPSA) is 41.6 Å². The van der Waals surface area contributed by atoms with Crippen LogP contribution in [-0.2, 0) is 0 Å². The van der Waals surface area contributed by atoms with Crippen molar-refractivity contribution in [3.63, 3.8) is 0 Å². The van der Waals surface area contributed by atoms with Crippen LogP contribution in [0, 0.1) is 0 Å². The van der Waals surface area contributed by atoms with Gasteiger partial charge in [0.1, 0.15) is 11.3 Å². The van der Waals surface area contributed by atoms with Crippen LogP contribution in [0.4, 0.5) is 0 Å². The summed E-state index contributed by atoms with van der Waals surface area (Å²) in [6, 6.07) is 9.75. The number of imidazole rings is 1. The summed E-state index contributed by atoms with van der Waals surface area (Å²) in [6.45, 7) is 0. The van der Waals surface area contributed by atoms with Gasteiger partial charge in [0.15, 0.2) is 5.15 Å². The number of nitrogens with one attached hydrogen (secondary N) is 1. The van der Waals surface area contributed by atoms with E-state index in [9.17, 15) is 0 Å². The van der Waals surface area contributed by atoms with Crippen LogP contribution in [0.2, 0.25) is 5.15 Å². The lowest BCUT2D eigenvalue weighted by Gasteiger charge is -1.98. The number of pyridine rings is 1. The number of H-pyrrole nitrogens is 1. The molecule has 0 aliphatic rings. The lowest BCUT2D eigenvalue weighted by Crippen LogP contribution is -1.81. The molecule has 0 saturated carbocycles. The second kappa shape index (κ2) is 4.13. The molecule has 3 aromatic rings. The first kappa shape index (κ1) is 10.7. The van der Waals surface area contributed by atoms with Crippen molar-refractivity contribution in [2.75, 3.05) is 0 Å². The highest BCUT2D eigenvalue weighted by atomic mass is 79.9. The molecule has 0 radical (unpaired) electrons. The van der Waals surface area contributed by atoms with Gasteiger partial charge >= 0.3 is 0 Å². The molecule has 0 saturated heterocycles. The summed E-state index contributed by atoms with van der Waals surface area (Å²) >= 11 is 9.49. The summed E-state index contributed by atoms with van der Waals surface area (Å²) in [4.78, 5) is 11.7. The van der Waals surface area contributed by atoms with Gasteiger partial charge < -0.3 is 4.98 Å². The fourth-order valence-electron chi connectivity index (χ4n) is 1.68. The lowest BCUT2D eigenvalue weighted by molar-refractivity contribution is 1.32. The van der Waals surface area contributed by atoms with Gasteiger partial charge in [0.2, 0.25) is 0 Å². The van der Waals surface area contributed by atoms with E-state index in [1.165, 1.54) is 0 Å². The maximum atomic E-state index is 5.99. The van der Waals surface area contributed by atoms with Crippen LogP contribution < -0.4 is 0 Å². The van der Waals surface area contributed by atoms with E-state index >= 15 is 0 Å². The smallest absolute Gasteiger partial charge is 0.156 e. The normalized spacial score (nSPS) is 10.9. The number of aromatic nitrogens is 3. The predicted molar refractivity (Wildman–Crippen MR) is 72.0 cm³/mol. The van der Waals surface area contributed by atoms with E-state index in [1.807, 2.05) is 30.3 Å². The Labute approximate surface area is 111 Å². The van der Waals surface area contributed by atoms with Crippen molar-refractivity contribution in [1.29, 1.82) is 0 Å². The average Bonchev–Trinajstić information content (AvgIpc) is 2.75. The highest BCUT2D eigenvalue weighted by Crippen LogP contribution is 2.28. The van der Waals surface area contributed by atoms with Crippen LogP contribution in [0.3, 0.4) is 0 Å². The van der Waals surface area contributed by atoms with Crippen LogP contribution in [0.25, 0.3) is 22.4 Å². The first-order valence-corrected chi connectivity index (χ1v) is 6.18. The van der Waals surface area contributed by atoms with Crippen LogP contribution in [-0.4, -0.2) is 15.0 Å². The average molecular weight is 309 g/mol.